The standard InChI is InChI=1S/C14H18N4O3/c1-2-12-15-16-13(21-12)10-17-5-7-18(8-6-17)14(19)11-4-3-9-20-11/h3-4,9H,2,5-8,10H2,1H3. The van der Waals surface area contributed by atoms with Crippen molar-refractivity contribution < 1.29 is 13.6 Å². The molecule has 112 valence electrons. The Morgan fingerprint density at radius 2 is 2.00 bits per heavy atom. The number of aromatic nitrogens is 2. The van der Waals surface area contributed by atoms with Crippen LogP contribution in [0, 0.1) is 0 Å². The number of piperazine rings is 1. The van der Waals surface area contributed by atoms with Crippen LogP contribution in [-0.4, -0.2) is 52.1 Å². The molecule has 3 rings (SSSR count). The van der Waals surface area contributed by atoms with Crippen molar-refractivity contribution in [3.8, 4) is 0 Å². The van der Waals surface area contributed by atoms with E-state index in [2.05, 4.69) is 15.1 Å². The Morgan fingerprint density at radius 1 is 1.24 bits per heavy atom. The van der Waals surface area contributed by atoms with Gasteiger partial charge in [-0.2, -0.15) is 0 Å². The van der Waals surface area contributed by atoms with Crippen molar-refractivity contribution >= 4 is 5.91 Å². The minimum absolute atomic E-state index is 0.0503. The van der Waals surface area contributed by atoms with E-state index in [0.29, 0.717) is 37.2 Å². The number of aryl methyl sites for hydroxylation is 1. The molecule has 1 aliphatic rings. The number of nitrogens with zero attached hydrogens (tertiary/aromatic N) is 4. The van der Waals surface area contributed by atoms with Gasteiger partial charge < -0.3 is 13.7 Å². The van der Waals surface area contributed by atoms with Crippen LogP contribution in [0.25, 0.3) is 0 Å². The monoisotopic (exact) mass is 290 g/mol. The molecule has 0 radical (unpaired) electrons. The molecule has 0 atom stereocenters. The first-order chi connectivity index (χ1) is 10.3. The fourth-order valence-corrected chi connectivity index (χ4v) is 2.35. The second kappa shape index (κ2) is 6.09. The second-order valence-electron chi connectivity index (χ2n) is 4.99. The Bertz CT molecular complexity index is 585. The fourth-order valence-electron chi connectivity index (χ4n) is 2.35. The summed E-state index contributed by atoms with van der Waals surface area (Å²) < 4.78 is 10.7. The quantitative estimate of drug-likeness (QED) is 0.841. The van der Waals surface area contributed by atoms with Gasteiger partial charge in [0.05, 0.1) is 12.8 Å². The predicted molar refractivity (Wildman–Crippen MR) is 73.6 cm³/mol. The number of hydrogen-bond acceptors (Lipinski definition) is 6. The molecule has 1 aliphatic heterocycles. The number of hydrogen-bond donors (Lipinski definition) is 0. The number of carbonyl (C=O) groups excluding carboxylic acids is 1. The molecule has 21 heavy (non-hydrogen) atoms. The molecule has 3 heterocycles. The van der Waals surface area contributed by atoms with E-state index in [1.807, 2.05) is 6.92 Å². The van der Waals surface area contributed by atoms with Crippen LogP contribution in [0.3, 0.4) is 0 Å². The van der Waals surface area contributed by atoms with Gasteiger partial charge in [0.25, 0.3) is 5.91 Å². The van der Waals surface area contributed by atoms with E-state index in [0.717, 1.165) is 19.5 Å². The van der Waals surface area contributed by atoms with E-state index in [1.165, 1.54) is 6.26 Å². The third-order valence-electron chi connectivity index (χ3n) is 3.56. The van der Waals surface area contributed by atoms with E-state index in [4.69, 9.17) is 8.83 Å². The van der Waals surface area contributed by atoms with Gasteiger partial charge in [0.2, 0.25) is 11.8 Å². The lowest BCUT2D eigenvalue weighted by atomic mass is 10.3. The van der Waals surface area contributed by atoms with Crippen molar-refractivity contribution in [3.05, 3.63) is 35.9 Å². The van der Waals surface area contributed by atoms with E-state index in [9.17, 15) is 4.79 Å². The van der Waals surface area contributed by atoms with Crippen LogP contribution >= 0.6 is 0 Å². The van der Waals surface area contributed by atoms with E-state index < -0.39 is 0 Å². The van der Waals surface area contributed by atoms with Gasteiger partial charge in [-0.05, 0) is 12.1 Å². The molecule has 0 aliphatic carbocycles. The summed E-state index contributed by atoms with van der Waals surface area (Å²) in [4.78, 5) is 16.2. The van der Waals surface area contributed by atoms with Gasteiger partial charge in [0.15, 0.2) is 5.76 Å². The lowest BCUT2D eigenvalue weighted by Crippen LogP contribution is -2.48. The first-order valence-electron chi connectivity index (χ1n) is 7.12. The molecule has 0 unspecified atom stereocenters. The molecular formula is C14H18N4O3. The summed E-state index contributed by atoms with van der Waals surface area (Å²) in [5.74, 6) is 1.65. The smallest absolute Gasteiger partial charge is 0.289 e. The molecule has 1 saturated heterocycles. The highest BCUT2D eigenvalue weighted by atomic mass is 16.4. The summed E-state index contributed by atoms with van der Waals surface area (Å²) in [6.07, 6.45) is 2.27. The molecule has 0 bridgehead atoms. The summed E-state index contributed by atoms with van der Waals surface area (Å²) >= 11 is 0. The zero-order valence-corrected chi connectivity index (χ0v) is 12.0. The maximum Gasteiger partial charge on any atom is 0.289 e. The average Bonchev–Trinajstić information content (AvgIpc) is 3.19. The van der Waals surface area contributed by atoms with Gasteiger partial charge in [0.1, 0.15) is 0 Å². The van der Waals surface area contributed by atoms with Gasteiger partial charge in [-0.25, -0.2) is 0 Å². The summed E-state index contributed by atoms with van der Waals surface area (Å²) in [5.41, 5.74) is 0. The maximum atomic E-state index is 12.1. The van der Waals surface area contributed by atoms with E-state index >= 15 is 0 Å². The van der Waals surface area contributed by atoms with Crippen molar-refractivity contribution in [3.63, 3.8) is 0 Å². The predicted octanol–water partition coefficient (Wildman–Crippen LogP) is 1.18. The third kappa shape index (κ3) is 3.13. The number of furan rings is 1. The minimum Gasteiger partial charge on any atom is -0.459 e. The van der Waals surface area contributed by atoms with E-state index in [1.54, 1.807) is 17.0 Å². The largest absolute Gasteiger partial charge is 0.459 e. The van der Waals surface area contributed by atoms with Crippen molar-refractivity contribution in [2.75, 3.05) is 26.2 Å². The van der Waals surface area contributed by atoms with Gasteiger partial charge in [0, 0.05) is 32.6 Å². The molecule has 1 fully saturated rings. The van der Waals surface area contributed by atoms with Gasteiger partial charge in [-0.3, -0.25) is 9.69 Å². The fraction of sp³-hybridized carbons (Fsp3) is 0.500. The van der Waals surface area contributed by atoms with Crippen LogP contribution in [0.2, 0.25) is 0 Å². The molecule has 0 N–H and O–H groups in total. The Morgan fingerprint density at radius 3 is 2.62 bits per heavy atom. The van der Waals surface area contributed by atoms with Crippen molar-refractivity contribution in [1.29, 1.82) is 0 Å². The SMILES string of the molecule is CCc1nnc(CN2CCN(C(=O)c3ccco3)CC2)o1. The average molecular weight is 290 g/mol. The Balaban J connectivity index is 1.52. The normalized spacial score (nSPS) is 16.3. The van der Waals surface area contributed by atoms with E-state index in [-0.39, 0.29) is 5.91 Å². The first kappa shape index (κ1) is 13.8. The van der Waals surface area contributed by atoms with Crippen LogP contribution in [0.5, 0.6) is 0 Å². The lowest BCUT2D eigenvalue weighted by Gasteiger charge is -2.33. The number of amides is 1. The molecule has 0 saturated carbocycles. The molecule has 0 aromatic carbocycles. The van der Waals surface area contributed by atoms with Gasteiger partial charge in [-0.15, -0.1) is 10.2 Å². The van der Waals surface area contributed by atoms with Crippen LogP contribution in [0.4, 0.5) is 0 Å². The van der Waals surface area contributed by atoms with Crippen LogP contribution in [0.15, 0.2) is 27.2 Å². The molecular weight excluding hydrogens is 272 g/mol. The molecule has 7 heteroatoms. The topological polar surface area (TPSA) is 75.6 Å². The van der Waals surface area contributed by atoms with Crippen LogP contribution in [-0.2, 0) is 13.0 Å². The molecule has 1 amide bonds. The van der Waals surface area contributed by atoms with Gasteiger partial charge in [-0.1, -0.05) is 6.92 Å². The van der Waals surface area contributed by atoms with Crippen LogP contribution < -0.4 is 0 Å². The van der Waals surface area contributed by atoms with Crippen LogP contribution in [0.1, 0.15) is 29.3 Å². The molecule has 0 spiro atoms. The highest BCUT2D eigenvalue weighted by Crippen LogP contribution is 2.11. The first-order valence-corrected chi connectivity index (χ1v) is 7.12. The van der Waals surface area contributed by atoms with Gasteiger partial charge >= 0.3 is 0 Å². The zero-order valence-electron chi connectivity index (χ0n) is 12.0. The second-order valence-corrected chi connectivity index (χ2v) is 4.99. The summed E-state index contributed by atoms with van der Waals surface area (Å²) in [6.45, 7) is 5.54. The zero-order chi connectivity index (χ0) is 14.7. The van der Waals surface area contributed by atoms with Crippen molar-refractivity contribution in [2.45, 2.75) is 19.9 Å². The number of rotatable bonds is 4. The Hall–Kier alpha value is -2.15. The lowest BCUT2D eigenvalue weighted by molar-refractivity contribution is 0.0587. The maximum absolute atomic E-state index is 12.1. The summed E-state index contributed by atoms with van der Waals surface area (Å²) in [7, 11) is 0. The minimum atomic E-state index is -0.0503. The molecule has 2 aromatic heterocycles. The molecule has 7 nitrogen and oxygen atoms in total. The molecule has 2 aromatic rings. The highest BCUT2D eigenvalue weighted by Gasteiger charge is 2.24. The van der Waals surface area contributed by atoms with Crippen molar-refractivity contribution in [1.82, 2.24) is 20.0 Å². The third-order valence-corrected chi connectivity index (χ3v) is 3.56. The summed E-state index contributed by atoms with van der Waals surface area (Å²) in [5, 5.41) is 7.98. The number of carbonyl (C=O) groups is 1. The Labute approximate surface area is 122 Å². The Kier molecular flexibility index (Phi) is 4.01. The summed E-state index contributed by atoms with van der Waals surface area (Å²) in [6, 6.07) is 3.42. The van der Waals surface area contributed by atoms with Crippen molar-refractivity contribution in [2.24, 2.45) is 0 Å². The highest BCUT2D eigenvalue weighted by molar-refractivity contribution is 5.91.